The van der Waals surface area contributed by atoms with Crippen LogP contribution in [0.4, 0.5) is 5.69 Å². The molecular formula is C13H12N2O3S3. The van der Waals surface area contributed by atoms with Crippen LogP contribution in [0.3, 0.4) is 0 Å². The molecule has 0 aromatic carbocycles. The van der Waals surface area contributed by atoms with Gasteiger partial charge in [-0.3, -0.25) is 4.79 Å². The van der Waals surface area contributed by atoms with Gasteiger partial charge >= 0.3 is 5.97 Å². The summed E-state index contributed by atoms with van der Waals surface area (Å²) < 4.78 is 5.74. The lowest BCUT2D eigenvalue weighted by Gasteiger charge is -2.21. The molecule has 2 aromatic heterocycles. The first-order chi connectivity index (χ1) is 10.1. The maximum absolute atomic E-state index is 12.3. The SMILES string of the molecule is CCOC(=O)c1sc2c(c1N)C(=O)NC(c1cccs1)S2. The number of ether oxygens (including phenoxy) is 1. The highest BCUT2D eigenvalue weighted by molar-refractivity contribution is 8.01. The number of carbonyl (C=O) groups is 2. The predicted octanol–water partition coefficient (Wildman–Crippen LogP) is 3.10. The molecule has 0 bridgehead atoms. The van der Waals surface area contributed by atoms with Gasteiger partial charge in [-0.25, -0.2) is 4.79 Å². The number of fused-ring (bicyclic) bond motifs is 1. The first kappa shape index (κ1) is 14.4. The minimum absolute atomic E-state index is 0.141. The number of thiophene rings is 2. The molecule has 0 aliphatic carbocycles. The van der Waals surface area contributed by atoms with Crippen LogP contribution in [0.25, 0.3) is 0 Å². The van der Waals surface area contributed by atoms with Crippen molar-refractivity contribution in [2.75, 3.05) is 12.3 Å². The highest BCUT2D eigenvalue weighted by Gasteiger charge is 2.33. The molecule has 1 atom stereocenters. The summed E-state index contributed by atoms with van der Waals surface area (Å²) in [7, 11) is 0. The van der Waals surface area contributed by atoms with Crippen LogP contribution in [0.2, 0.25) is 0 Å². The van der Waals surface area contributed by atoms with Crippen molar-refractivity contribution in [1.29, 1.82) is 0 Å². The molecule has 5 nitrogen and oxygen atoms in total. The minimum atomic E-state index is -0.476. The highest BCUT2D eigenvalue weighted by atomic mass is 32.2. The number of esters is 1. The summed E-state index contributed by atoms with van der Waals surface area (Å²) in [6.45, 7) is 2.01. The topological polar surface area (TPSA) is 81.4 Å². The van der Waals surface area contributed by atoms with E-state index in [1.54, 1.807) is 18.3 Å². The molecular weight excluding hydrogens is 328 g/mol. The van der Waals surface area contributed by atoms with E-state index in [4.69, 9.17) is 10.5 Å². The number of nitrogen functional groups attached to an aromatic ring is 1. The molecule has 110 valence electrons. The van der Waals surface area contributed by atoms with Crippen LogP contribution in [0.5, 0.6) is 0 Å². The molecule has 3 rings (SSSR count). The molecule has 0 spiro atoms. The van der Waals surface area contributed by atoms with Crippen molar-refractivity contribution in [2.45, 2.75) is 16.5 Å². The molecule has 3 heterocycles. The van der Waals surface area contributed by atoms with Crippen molar-refractivity contribution in [1.82, 2.24) is 5.32 Å². The second-order valence-corrected chi connectivity index (χ2v) is 7.59. The number of carbonyl (C=O) groups excluding carboxylic acids is 2. The Balaban J connectivity index is 1.96. The Hall–Kier alpha value is -1.51. The summed E-state index contributed by atoms with van der Waals surface area (Å²) in [5, 5.41) is 4.73. The lowest BCUT2D eigenvalue weighted by atomic mass is 10.2. The number of amides is 1. The average molecular weight is 340 g/mol. The molecule has 1 aliphatic heterocycles. The summed E-state index contributed by atoms with van der Waals surface area (Å²) in [5.41, 5.74) is 6.55. The Morgan fingerprint density at radius 3 is 3.00 bits per heavy atom. The van der Waals surface area contributed by atoms with Gasteiger partial charge in [-0.05, 0) is 18.4 Å². The summed E-state index contributed by atoms with van der Waals surface area (Å²) in [5.74, 6) is -0.720. The van der Waals surface area contributed by atoms with Gasteiger partial charge in [0.15, 0.2) is 0 Å². The van der Waals surface area contributed by atoms with Crippen LogP contribution in [-0.2, 0) is 4.74 Å². The van der Waals surface area contributed by atoms with Crippen LogP contribution in [0.15, 0.2) is 21.7 Å². The van der Waals surface area contributed by atoms with Crippen LogP contribution >= 0.6 is 34.4 Å². The number of hydrogen-bond acceptors (Lipinski definition) is 7. The van der Waals surface area contributed by atoms with E-state index in [9.17, 15) is 9.59 Å². The summed E-state index contributed by atoms with van der Waals surface area (Å²) in [6.07, 6.45) is 0. The number of thioether (sulfide) groups is 1. The Morgan fingerprint density at radius 1 is 1.52 bits per heavy atom. The Morgan fingerprint density at radius 2 is 2.33 bits per heavy atom. The number of hydrogen-bond donors (Lipinski definition) is 2. The van der Waals surface area contributed by atoms with Crippen molar-refractivity contribution in [3.63, 3.8) is 0 Å². The molecule has 3 N–H and O–H groups in total. The molecule has 0 fully saturated rings. The van der Waals surface area contributed by atoms with Gasteiger partial charge in [0.1, 0.15) is 10.3 Å². The molecule has 1 amide bonds. The number of nitrogens with one attached hydrogen (secondary N) is 1. The van der Waals surface area contributed by atoms with Gasteiger partial charge in [0.05, 0.1) is 22.1 Å². The van der Waals surface area contributed by atoms with E-state index in [0.29, 0.717) is 10.4 Å². The standard InChI is InChI=1S/C13H12N2O3S3/c1-2-18-12(17)9-8(14)7-10(16)15-11(21-13(7)20-9)6-4-3-5-19-6/h3-5,11H,2,14H2,1H3,(H,15,16). The van der Waals surface area contributed by atoms with E-state index >= 15 is 0 Å². The maximum Gasteiger partial charge on any atom is 0.350 e. The molecule has 2 aromatic rings. The van der Waals surface area contributed by atoms with Crippen molar-refractivity contribution in [3.8, 4) is 0 Å². The fourth-order valence-corrected chi connectivity index (χ4v) is 5.40. The van der Waals surface area contributed by atoms with E-state index in [2.05, 4.69) is 5.32 Å². The number of anilines is 1. The minimum Gasteiger partial charge on any atom is -0.462 e. The molecule has 0 radical (unpaired) electrons. The number of nitrogens with two attached hydrogens (primary N) is 1. The zero-order valence-electron chi connectivity index (χ0n) is 11.0. The fraction of sp³-hybridized carbons (Fsp3) is 0.231. The van der Waals surface area contributed by atoms with Gasteiger partial charge in [-0.1, -0.05) is 17.8 Å². The molecule has 8 heteroatoms. The molecule has 21 heavy (non-hydrogen) atoms. The van der Waals surface area contributed by atoms with Gasteiger partial charge in [0.2, 0.25) is 0 Å². The highest BCUT2D eigenvalue weighted by Crippen LogP contribution is 2.47. The molecule has 0 saturated carbocycles. The van der Waals surface area contributed by atoms with Gasteiger partial charge in [0, 0.05) is 4.88 Å². The van der Waals surface area contributed by atoms with E-state index in [1.165, 1.54) is 23.1 Å². The van der Waals surface area contributed by atoms with Crippen LogP contribution in [0, 0.1) is 0 Å². The van der Waals surface area contributed by atoms with Crippen LogP contribution in [-0.4, -0.2) is 18.5 Å². The monoisotopic (exact) mass is 340 g/mol. The van der Waals surface area contributed by atoms with Crippen molar-refractivity contribution in [2.24, 2.45) is 0 Å². The summed E-state index contributed by atoms with van der Waals surface area (Å²) >= 11 is 4.30. The van der Waals surface area contributed by atoms with Crippen molar-refractivity contribution < 1.29 is 14.3 Å². The van der Waals surface area contributed by atoms with Crippen molar-refractivity contribution >= 4 is 52.0 Å². The van der Waals surface area contributed by atoms with Crippen LogP contribution in [0.1, 0.15) is 37.2 Å². The van der Waals surface area contributed by atoms with E-state index in [0.717, 1.165) is 9.09 Å². The second kappa shape index (κ2) is 5.70. The third-order valence-corrected chi connectivity index (χ3v) is 6.52. The Bertz CT molecular complexity index is 694. The molecule has 1 unspecified atom stereocenters. The quantitative estimate of drug-likeness (QED) is 0.839. The molecule has 1 aliphatic rings. The fourth-order valence-electron chi connectivity index (χ4n) is 1.97. The van der Waals surface area contributed by atoms with Gasteiger partial charge in [-0.2, -0.15) is 0 Å². The smallest absolute Gasteiger partial charge is 0.350 e. The zero-order chi connectivity index (χ0) is 15.0. The van der Waals surface area contributed by atoms with Gasteiger partial charge in [-0.15, -0.1) is 22.7 Å². The Kier molecular flexibility index (Phi) is 3.92. The first-order valence-electron chi connectivity index (χ1n) is 6.22. The summed E-state index contributed by atoms with van der Waals surface area (Å²) in [4.78, 5) is 25.5. The largest absolute Gasteiger partial charge is 0.462 e. The predicted molar refractivity (Wildman–Crippen MR) is 85.1 cm³/mol. The lowest BCUT2D eigenvalue weighted by molar-refractivity contribution is 0.0533. The number of rotatable bonds is 3. The third-order valence-electron chi connectivity index (χ3n) is 2.89. The second-order valence-electron chi connectivity index (χ2n) is 4.21. The normalized spacial score (nSPS) is 17.2. The van der Waals surface area contributed by atoms with E-state index in [-0.39, 0.29) is 23.6 Å². The maximum atomic E-state index is 12.3. The van der Waals surface area contributed by atoms with E-state index < -0.39 is 5.97 Å². The Labute approximate surface area is 133 Å². The van der Waals surface area contributed by atoms with Crippen LogP contribution < -0.4 is 11.1 Å². The van der Waals surface area contributed by atoms with Crippen molar-refractivity contribution in [3.05, 3.63) is 32.8 Å². The third kappa shape index (κ3) is 2.54. The lowest BCUT2D eigenvalue weighted by Crippen LogP contribution is -2.30. The van der Waals surface area contributed by atoms with E-state index in [1.807, 2.05) is 17.5 Å². The van der Waals surface area contributed by atoms with Gasteiger partial charge < -0.3 is 15.8 Å². The molecule has 0 saturated heterocycles. The first-order valence-corrected chi connectivity index (χ1v) is 8.79. The average Bonchev–Trinajstić information content (AvgIpc) is 3.07. The zero-order valence-corrected chi connectivity index (χ0v) is 13.5. The summed E-state index contributed by atoms with van der Waals surface area (Å²) in [6, 6.07) is 3.91. The van der Waals surface area contributed by atoms with Gasteiger partial charge in [0.25, 0.3) is 5.91 Å².